The number of benzene rings is 1. The molecule has 1 N–H and O–H groups in total. The second-order valence-electron chi connectivity index (χ2n) is 6.82. The first kappa shape index (κ1) is 16.6. The maximum absolute atomic E-state index is 12.4. The number of hydrogen-bond acceptors (Lipinski definition) is 2. The third-order valence-electron chi connectivity index (χ3n) is 4.65. The molecule has 1 aromatic carbocycles. The van der Waals surface area contributed by atoms with Crippen LogP contribution in [0.5, 0.6) is 0 Å². The molecular weight excluding hydrogens is 300 g/mol. The van der Waals surface area contributed by atoms with Crippen molar-refractivity contribution in [2.45, 2.75) is 32.7 Å². The molecule has 1 atom stereocenters. The number of hydrogen-bond donors (Lipinski definition) is 1. The fraction of sp³-hybridized carbons (Fsp3) is 0.474. The van der Waals surface area contributed by atoms with Gasteiger partial charge < -0.3 is 10.2 Å². The Hall–Kier alpha value is -2.30. The molecule has 0 bridgehead atoms. The molecule has 1 aliphatic rings. The lowest BCUT2D eigenvalue weighted by atomic mass is 9.91. The van der Waals surface area contributed by atoms with Gasteiger partial charge in [0, 0.05) is 38.4 Å². The number of aromatic nitrogens is 2. The van der Waals surface area contributed by atoms with Crippen molar-refractivity contribution in [3.63, 3.8) is 0 Å². The zero-order valence-corrected chi connectivity index (χ0v) is 14.5. The second kappa shape index (κ2) is 7.51. The van der Waals surface area contributed by atoms with Gasteiger partial charge in [0.1, 0.15) is 0 Å². The Bertz CT molecular complexity index is 677. The molecule has 0 saturated carbocycles. The van der Waals surface area contributed by atoms with Crippen LogP contribution in [0.1, 0.15) is 29.5 Å². The molecular formula is C19H26N4O. The van der Waals surface area contributed by atoms with Crippen LogP contribution in [0.4, 0.5) is 4.79 Å². The Labute approximate surface area is 143 Å². The van der Waals surface area contributed by atoms with Crippen molar-refractivity contribution in [3.8, 4) is 0 Å². The highest BCUT2D eigenvalue weighted by Crippen LogP contribution is 2.21. The van der Waals surface area contributed by atoms with E-state index in [1.54, 1.807) is 10.9 Å². The topological polar surface area (TPSA) is 50.2 Å². The van der Waals surface area contributed by atoms with Gasteiger partial charge in [0.2, 0.25) is 0 Å². The molecule has 0 aliphatic carbocycles. The fourth-order valence-electron chi connectivity index (χ4n) is 3.33. The zero-order valence-electron chi connectivity index (χ0n) is 14.5. The minimum Gasteiger partial charge on any atom is -0.334 e. The number of aryl methyl sites for hydroxylation is 2. The minimum atomic E-state index is 0.0347. The van der Waals surface area contributed by atoms with Crippen LogP contribution in [-0.4, -0.2) is 33.8 Å². The van der Waals surface area contributed by atoms with E-state index in [2.05, 4.69) is 41.6 Å². The molecule has 1 aromatic heterocycles. The Morgan fingerprint density at radius 3 is 2.79 bits per heavy atom. The number of nitrogens with one attached hydrogen (secondary N) is 1. The summed E-state index contributed by atoms with van der Waals surface area (Å²) in [6.07, 6.45) is 7.04. The molecule has 2 aromatic rings. The van der Waals surface area contributed by atoms with Gasteiger partial charge >= 0.3 is 6.03 Å². The number of piperidine rings is 1. The smallest absolute Gasteiger partial charge is 0.317 e. The Balaban J connectivity index is 1.50. The van der Waals surface area contributed by atoms with Crippen LogP contribution in [0.15, 0.2) is 36.7 Å². The zero-order chi connectivity index (χ0) is 16.9. The van der Waals surface area contributed by atoms with E-state index in [9.17, 15) is 4.79 Å². The monoisotopic (exact) mass is 326 g/mol. The molecule has 24 heavy (non-hydrogen) atoms. The van der Waals surface area contributed by atoms with Gasteiger partial charge in [-0.3, -0.25) is 4.68 Å². The van der Waals surface area contributed by atoms with Gasteiger partial charge in [-0.1, -0.05) is 29.8 Å². The molecule has 2 amide bonds. The number of amides is 2. The lowest BCUT2D eigenvalue weighted by molar-refractivity contribution is 0.165. The first-order valence-corrected chi connectivity index (χ1v) is 8.66. The maximum Gasteiger partial charge on any atom is 0.317 e. The average molecular weight is 326 g/mol. The first-order valence-electron chi connectivity index (χ1n) is 8.66. The van der Waals surface area contributed by atoms with Crippen LogP contribution in [0.3, 0.4) is 0 Å². The largest absolute Gasteiger partial charge is 0.334 e. The third kappa shape index (κ3) is 4.37. The van der Waals surface area contributed by atoms with Crippen molar-refractivity contribution in [2.24, 2.45) is 13.0 Å². The van der Waals surface area contributed by atoms with E-state index in [1.807, 2.05) is 18.1 Å². The van der Waals surface area contributed by atoms with E-state index in [0.29, 0.717) is 12.5 Å². The van der Waals surface area contributed by atoms with E-state index in [0.717, 1.165) is 31.5 Å². The average Bonchev–Trinajstić information content (AvgIpc) is 3.00. The first-order chi connectivity index (χ1) is 11.6. The van der Waals surface area contributed by atoms with Crippen LogP contribution in [0.2, 0.25) is 0 Å². The fourth-order valence-corrected chi connectivity index (χ4v) is 3.33. The third-order valence-corrected chi connectivity index (χ3v) is 4.65. The van der Waals surface area contributed by atoms with E-state index in [4.69, 9.17) is 0 Å². The normalized spacial score (nSPS) is 17.8. The standard InChI is InChI=1S/C19H26N4O/c1-15-5-7-16(8-6-15)10-17-4-3-9-23(14-17)19(24)20-11-18-12-21-22(2)13-18/h5-8,12-13,17H,3-4,9-11,14H2,1-2H3,(H,20,24)/t17-/m0/s1. The second-order valence-corrected chi connectivity index (χ2v) is 6.82. The summed E-state index contributed by atoms with van der Waals surface area (Å²) in [5, 5.41) is 7.13. The van der Waals surface area contributed by atoms with Crippen molar-refractivity contribution in [1.29, 1.82) is 0 Å². The van der Waals surface area contributed by atoms with Crippen LogP contribution in [0, 0.1) is 12.8 Å². The number of likely N-dealkylation sites (tertiary alicyclic amines) is 1. The van der Waals surface area contributed by atoms with Gasteiger partial charge in [-0.2, -0.15) is 5.10 Å². The Kier molecular flexibility index (Phi) is 5.18. The molecule has 3 rings (SSSR count). The highest BCUT2D eigenvalue weighted by molar-refractivity contribution is 5.74. The molecule has 0 radical (unpaired) electrons. The predicted octanol–water partition coefficient (Wildman–Crippen LogP) is 2.89. The number of nitrogens with zero attached hydrogens (tertiary/aromatic N) is 3. The Morgan fingerprint density at radius 2 is 2.08 bits per heavy atom. The quantitative estimate of drug-likeness (QED) is 0.939. The molecule has 0 spiro atoms. The summed E-state index contributed by atoms with van der Waals surface area (Å²) in [4.78, 5) is 14.4. The lowest BCUT2D eigenvalue weighted by Crippen LogP contribution is -2.45. The summed E-state index contributed by atoms with van der Waals surface area (Å²) in [5.41, 5.74) is 3.68. The highest BCUT2D eigenvalue weighted by Gasteiger charge is 2.23. The van der Waals surface area contributed by atoms with E-state index in [1.165, 1.54) is 17.5 Å². The van der Waals surface area contributed by atoms with Crippen molar-refractivity contribution in [2.75, 3.05) is 13.1 Å². The lowest BCUT2D eigenvalue weighted by Gasteiger charge is -2.33. The van der Waals surface area contributed by atoms with Gasteiger partial charge in [0.25, 0.3) is 0 Å². The molecule has 1 saturated heterocycles. The number of urea groups is 1. The summed E-state index contributed by atoms with van der Waals surface area (Å²) in [6.45, 7) is 4.33. The summed E-state index contributed by atoms with van der Waals surface area (Å²) >= 11 is 0. The van der Waals surface area contributed by atoms with Crippen LogP contribution < -0.4 is 5.32 Å². The molecule has 0 unspecified atom stereocenters. The number of rotatable bonds is 4. The minimum absolute atomic E-state index is 0.0347. The van der Waals surface area contributed by atoms with Gasteiger partial charge in [0.05, 0.1) is 6.20 Å². The van der Waals surface area contributed by atoms with E-state index >= 15 is 0 Å². The molecule has 1 fully saturated rings. The highest BCUT2D eigenvalue weighted by atomic mass is 16.2. The van der Waals surface area contributed by atoms with Crippen molar-refractivity contribution < 1.29 is 4.79 Å². The molecule has 2 heterocycles. The van der Waals surface area contributed by atoms with Crippen molar-refractivity contribution in [3.05, 3.63) is 53.3 Å². The van der Waals surface area contributed by atoms with Gasteiger partial charge in [-0.15, -0.1) is 0 Å². The van der Waals surface area contributed by atoms with Crippen LogP contribution in [-0.2, 0) is 20.0 Å². The van der Waals surface area contributed by atoms with Crippen molar-refractivity contribution in [1.82, 2.24) is 20.0 Å². The maximum atomic E-state index is 12.4. The molecule has 128 valence electrons. The van der Waals surface area contributed by atoms with Gasteiger partial charge in [0.15, 0.2) is 0 Å². The molecule has 5 nitrogen and oxygen atoms in total. The van der Waals surface area contributed by atoms with E-state index in [-0.39, 0.29) is 6.03 Å². The van der Waals surface area contributed by atoms with E-state index < -0.39 is 0 Å². The Morgan fingerprint density at radius 1 is 1.29 bits per heavy atom. The van der Waals surface area contributed by atoms with Gasteiger partial charge in [-0.05, 0) is 37.7 Å². The predicted molar refractivity (Wildman–Crippen MR) is 94.6 cm³/mol. The molecule has 1 aliphatic heterocycles. The molecule has 5 heteroatoms. The number of carbonyl (C=O) groups is 1. The SMILES string of the molecule is Cc1ccc(C[C@@H]2CCCN(C(=O)NCc3cnn(C)c3)C2)cc1. The summed E-state index contributed by atoms with van der Waals surface area (Å²) in [5.74, 6) is 0.547. The van der Waals surface area contributed by atoms with Crippen LogP contribution in [0.25, 0.3) is 0 Å². The van der Waals surface area contributed by atoms with Crippen LogP contribution >= 0.6 is 0 Å². The summed E-state index contributed by atoms with van der Waals surface area (Å²) < 4.78 is 1.75. The number of carbonyl (C=O) groups excluding carboxylic acids is 1. The summed E-state index contributed by atoms with van der Waals surface area (Å²) in [6, 6.07) is 8.77. The van der Waals surface area contributed by atoms with Crippen molar-refractivity contribution >= 4 is 6.03 Å². The van der Waals surface area contributed by atoms with Gasteiger partial charge in [-0.25, -0.2) is 4.79 Å². The summed E-state index contributed by atoms with van der Waals surface area (Å²) in [7, 11) is 1.88.